The van der Waals surface area contributed by atoms with Crippen LogP contribution < -0.4 is 41.6 Å². The second-order valence-electron chi connectivity index (χ2n) is 6.30. The number of hydrogen-bond acceptors (Lipinski definition) is 2. The molecule has 146 valence electrons. The number of halogens is 3. The number of nitrogens with one attached hydrogen (secondary N) is 1. The van der Waals surface area contributed by atoms with Crippen LogP contribution in [0.4, 0.5) is 10.1 Å². The molecule has 5 nitrogen and oxygen atoms in total. The number of hydrogen-bond donors (Lipinski definition) is 3. The van der Waals surface area contributed by atoms with E-state index in [1.54, 1.807) is 12.1 Å². The van der Waals surface area contributed by atoms with Gasteiger partial charge in [0.25, 0.3) is 5.91 Å². The Hall–Kier alpha value is -1.99. The van der Waals surface area contributed by atoms with E-state index in [1.807, 2.05) is 18.2 Å². The van der Waals surface area contributed by atoms with E-state index in [-0.39, 0.29) is 42.6 Å². The monoisotopic (exact) mass is 412 g/mol. The van der Waals surface area contributed by atoms with Gasteiger partial charge in [-0.2, -0.15) is 0 Å². The molecular formula is C19H23Cl2FN4O. The summed E-state index contributed by atoms with van der Waals surface area (Å²) in [7, 11) is 0. The molecular weight excluding hydrogens is 390 g/mol. The molecule has 2 aromatic rings. The maximum atomic E-state index is 13.1. The molecule has 0 saturated heterocycles. The summed E-state index contributed by atoms with van der Waals surface area (Å²) in [6.45, 7) is 1.34. The second kappa shape index (κ2) is 10.4. The van der Waals surface area contributed by atoms with Gasteiger partial charge < -0.3 is 41.6 Å². The van der Waals surface area contributed by atoms with Crippen molar-refractivity contribution in [3.63, 3.8) is 0 Å². The Labute approximate surface area is 170 Å². The number of fused-ring (bicyclic) bond motifs is 1. The van der Waals surface area contributed by atoms with Crippen LogP contribution in [0.5, 0.6) is 0 Å². The summed E-state index contributed by atoms with van der Waals surface area (Å²) >= 11 is 0. The average Bonchev–Trinajstić information content (AvgIpc) is 3.04. The Morgan fingerprint density at radius 3 is 2.48 bits per heavy atom. The van der Waals surface area contributed by atoms with Crippen LogP contribution in [0.3, 0.4) is 0 Å². The van der Waals surface area contributed by atoms with Gasteiger partial charge in [-0.1, -0.05) is 24.3 Å². The van der Waals surface area contributed by atoms with E-state index in [1.165, 1.54) is 12.1 Å². The Bertz CT molecular complexity index is 812. The Morgan fingerprint density at radius 1 is 1.15 bits per heavy atom. The summed E-state index contributed by atoms with van der Waals surface area (Å²) in [5, 5.41) is 2.89. The lowest BCUT2D eigenvalue weighted by molar-refractivity contribution is -0.439. The van der Waals surface area contributed by atoms with Crippen LogP contribution >= 0.6 is 0 Å². The highest BCUT2D eigenvalue weighted by Gasteiger charge is 2.21. The summed E-state index contributed by atoms with van der Waals surface area (Å²) in [4.78, 5) is 16.8. The molecule has 0 bridgehead atoms. The van der Waals surface area contributed by atoms with Gasteiger partial charge in [0, 0.05) is 6.42 Å². The number of carbonyl (C=O) groups is 1. The van der Waals surface area contributed by atoms with Crippen molar-refractivity contribution in [1.82, 2.24) is 5.32 Å². The largest absolute Gasteiger partial charge is 1.00 e. The van der Waals surface area contributed by atoms with Crippen molar-refractivity contribution in [1.29, 1.82) is 0 Å². The summed E-state index contributed by atoms with van der Waals surface area (Å²) in [5.74, 6) is -0.401. The average molecular weight is 413 g/mol. The molecule has 0 spiro atoms. The van der Waals surface area contributed by atoms with Crippen molar-refractivity contribution >= 4 is 17.3 Å². The molecule has 0 radical (unpaired) electrons. The molecule has 27 heavy (non-hydrogen) atoms. The minimum atomic E-state index is -0.260. The third-order valence-corrected chi connectivity index (χ3v) is 4.30. The summed E-state index contributed by atoms with van der Waals surface area (Å²) in [5.41, 5.74) is 12.0. The van der Waals surface area contributed by atoms with Crippen LogP contribution in [0.2, 0.25) is 0 Å². The van der Waals surface area contributed by atoms with E-state index in [0.717, 1.165) is 35.3 Å². The third kappa shape index (κ3) is 5.74. The molecule has 0 aliphatic carbocycles. The molecule has 8 heteroatoms. The topological polar surface area (TPSA) is 96.7 Å². The van der Waals surface area contributed by atoms with Gasteiger partial charge in [-0.25, -0.2) is 9.38 Å². The third-order valence-electron chi connectivity index (χ3n) is 4.30. The smallest absolute Gasteiger partial charge is 0.266 e. The Morgan fingerprint density at radius 2 is 1.81 bits per heavy atom. The fraction of sp³-hybridized carbons (Fsp3) is 0.263. The molecule has 0 fully saturated rings. The van der Waals surface area contributed by atoms with Crippen molar-refractivity contribution in [3.05, 3.63) is 53.8 Å². The van der Waals surface area contributed by atoms with Crippen molar-refractivity contribution in [2.75, 3.05) is 13.1 Å². The highest BCUT2D eigenvalue weighted by atomic mass is 35.5. The molecule has 1 atom stereocenters. The number of benzene rings is 2. The summed E-state index contributed by atoms with van der Waals surface area (Å²) in [6.07, 6.45) is 1.41. The maximum absolute atomic E-state index is 13.1. The van der Waals surface area contributed by atoms with Crippen LogP contribution in [0.15, 0.2) is 47.5 Å². The van der Waals surface area contributed by atoms with E-state index in [0.29, 0.717) is 18.7 Å². The fourth-order valence-corrected chi connectivity index (χ4v) is 2.87. The van der Waals surface area contributed by atoms with E-state index >= 15 is 0 Å². The van der Waals surface area contributed by atoms with Crippen LogP contribution in [0.25, 0.3) is 11.1 Å². The number of aliphatic imine (C=N–C) groups is 1. The van der Waals surface area contributed by atoms with Gasteiger partial charge in [0.15, 0.2) is 0 Å². The molecule has 3 rings (SSSR count). The predicted molar refractivity (Wildman–Crippen MR) is 94.7 cm³/mol. The highest BCUT2D eigenvalue weighted by molar-refractivity contribution is 6.40. The molecule has 7 N–H and O–H groups in total. The van der Waals surface area contributed by atoms with E-state index in [2.05, 4.69) is 21.8 Å². The van der Waals surface area contributed by atoms with E-state index < -0.39 is 0 Å². The van der Waals surface area contributed by atoms with Crippen LogP contribution in [-0.2, 0) is 11.2 Å². The number of rotatable bonds is 6. The SMILES string of the molecule is [Cl-].[Cl-].[NH3+]CC[C@@H]([NH3+])CNC(=O)C1=Nc2cc(-c3ccc(F)cc3)ccc2C1. The molecule has 2 aromatic carbocycles. The van der Waals surface area contributed by atoms with Gasteiger partial charge in [0.1, 0.15) is 17.6 Å². The molecule has 0 unspecified atom stereocenters. The van der Waals surface area contributed by atoms with Gasteiger partial charge in [-0.15, -0.1) is 0 Å². The minimum absolute atomic E-state index is 0. The van der Waals surface area contributed by atoms with Crippen molar-refractivity contribution in [3.8, 4) is 11.1 Å². The zero-order valence-corrected chi connectivity index (χ0v) is 16.4. The first kappa shape index (κ1) is 23.0. The van der Waals surface area contributed by atoms with Crippen molar-refractivity contribution < 1.29 is 45.5 Å². The van der Waals surface area contributed by atoms with Crippen LogP contribution in [0, 0.1) is 5.82 Å². The summed E-state index contributed by atoms with van der Waals surface area (Å²) < 4.78 is 13.1. The minimum Gasteiger partial charge on any atom is -1.00 e. The van der Waals surface area contributed by atoms with Gasteiger partial charge in [-0.3, -0.25) is 4.79 Å². The predicted octanol–water partition coefficient (Wildman–Crippen LogP) is -5.51. The molecule has 1 aliphatic rings. The zero-order valence-electron chi connectivity index (χ0n) is 14.9. The number of quaternary nitrogens is 2. The van der Waals surface area contributed by atoms with Gasteiger partial charge in [-0.05, 0) is 34.9 Å². The molecule has 1 heterocycles. The van der Waals surface area contributed by atoms with Crippen LogP contribution in [-0.4, -0.2) is 30.8 Å². The molecule has 0 saturated carbocycles. The fourth-order valence-electron chi connectivity index (χ4n) is 2.87. The lowest BCUT2D eigenvalue weighted by atomic mass is 10.0. The first-order valence-corrected chi connectivity index (χ1v) is 8.44. The molecule has 0 aromatic heterocycles. The lowest BCUT2D eigenvalue weighted by Gasteiger charge is -2.07. The zero-order chi connectivity index (χ0) is 17.8. The Balaban J connectivity index is 0.00000182. The van der Waals surface area contributed by atoms with Crippen molar-refractivity contribution in [2.45, 2.75) is 18.9 Å². The number of amides is 1. The number of carbonyl (C=O) groups excluding carboxylic acids is 1. The highest BCUT2D eigenvalue weighted by Crippen LogP contribution is 2.32. The van der Waals surface area contributed by atoms with Crippen LogP contribution in [0.1, 0.15) is 12.0 Å². The molecule has 1 amide bonds. The lowest BCUT2D eigenvalue weighted by Crippen LogP contribution is -3.00. The first-order valence-electron chi connectivity index (χ1n) is 8.44. The Kier molecular flexibility index (Phi) is 8.85. The normalized spacial score (nSPS) is 12.9. The van der Waals surface area contributed by atoms with E-state index in [4.69, 9.17) is 0 Å². The maximum Gasteiger partial charge on any atom is 0.266 e. The first-order chi connectivity index (χ1) is 12.1. The van der Waals surface area contributed by atoms with E-state index in [9.17, 15) is 9.18 Å². The standard InChI is InChI=1S/C19H21FN4O.2ClH/c20-15-5-3-12(4-6-15)13-1-2-14-10-18(24-17(14)9-13)19(25)23-11-16(22)7-8-21;;/h1-6,9,16H,7-8,10-11,21-22H2,(H,23,25);2*1H/t16-;;/m1../s1. The van der Waals surface area contributed by atoms with Gasteiger partial charge in [0.05, 0.1) is 25.2 Å². The number of nitrogens with zero attached hydrogens (tertiary/aromatic N) is 1. The van der Waals surface area contributed by atoms with Gasteiger partial charge >= 0.3 is 0 Å². The quantitative estimate of drug-likeness (QED) is 0.433. The van der Waals surface area contributed by atoms with Gasteiger partial charge in [0.2, 0.25) is 0 Å². The van der Waals surface area contributed by atoms with Crippen molar-refractivity contribution in [2.24, 2.45) is 4.99 Å². The summed E-state index contributed by atoms with van der Waals surface area (Å²) in [6, 6.07) is 12.4. The second-order valence-corrected chi connectivity index (χ2v) is 6.30. The molecule has 1 aliphatic heterocycles.